The number of carbonyl (C=O) groups is 1. The van der Waals surface area contributed by atoms with Crippen molar-refractivity contribution in [2.45, 2.75) is 19.4 Å². The molecule has 0 spiro atoms. The van der Waals surface area contributed by atoms with Crippen LogP contribution in [0.5, 0.6) is 0 Å². The van der Waals surface area contributed by atoms with E-state index in [9.17, 15) is 4.79 Å². The summed E-state index contributed by atoms with van der Waals surface area (Å²) in [6.07, 6.45) is 3.99. The molecule has 0 radical (unpaired) electrons. The van der Waals surface area contributed by atoms with Gasteiger partial charge in [-0.15, -0.1) is 0 Å². The number of carbonyl (C=O) groups excluding carboxylic acids is 1. The van der Waals surface area contributed by atoms with Crippen molar-refractivity contribution in [3.8, 4) is 0 Å². The Bertz CT molecular complexity index is 289. The summed E-state index contributed by atoms with van der Waals surface area (Å²) >= 11 is 3.22. The predicted molar refractivity (Wildman–Crippen MR) is 59.2 cm³/mol. The second-order valence-corrected chi connectivity index (χ2v) is 3.81. The molecule has 3 nitrogen and oxygen atoms in total. The Morgan fingerprint density at radius 2 is 2.50 bits per heavy atom. The van der Waals surface area contributed by atoms with E-state index in [0.29, 0.717) is 11.8 Å². The number of hydrogen-bond acceptors (Lipinski definition) is 2. The van der Waals surface area contributed by atoms with E-state index < -0.39 is 0 Å². The van der Waals surface area contributed by atoms with Crippen LogP contribution in [0.3, 0.4) is 0 Å². The number of rotatable bonds is 4. The molecule has 0 bridgehead atoms. The SMILES string of the molecule is C[C@@H](NC(=O)CCBr)c1cccnc1. The van der Waals surface area contributed by atoms with Gasteiger partial charge in [0.15, 0.2) is 0 Å². The van der Waals surface area contributed by atoms with Crippen LogP contribution in [-0.4, -0.2) is 16.2 Å². The number of halogens is 1. The fraction of sp³-hybridized carbons (Fsp3) is 0.400. The first-order chi connectivity index (χ1) is 6.74. The maximum Gasteiger partial charge on any atom is 0.221 e. The monoisotopic (exact) mass is 256 g/mol. The Kier molecular flexibility index (Phi) is 4.59. The lowest BCUT2D eigenvalue weighted by Gasteiger charge is -2.12. The average Bonchev–Trinajstić information content (AvgIpc) is 2.19. The van der Waals surface area contributed by atoms with E-state index in [-0.39, 0.29) is 11.9 Å². The third-order valence-corrected chi connectivity index (χ3v) is 2.28. The average molecular weight is 257 g/mol. The van der Waals surface area contributed by atoms with E-state index in [1.165, 1.54) is 0 Å². The molecular formula is C10H13BrN2O. The number of alkyl halides is 1. The minimum absolute atomic E-state index is 0.0234. The third-order valence-electron chi connectivity index (χ3n) is 1.88. The van der Waals surface area contributed by atoms with Crippen molar-refractivity contribution in [3.05, 3.63) is 30.1 Å². The zero-order valence-electron chi connectivity index (χ0n) is 8.03. The molecule has 1 N–H and O–H groups in total. The summed E-state index contributed by atoms with van der Waals surface area (Å²) in [6.45, 7) is 1.95. The van der Waals surface area contributed by atoms with E-state index in [2.05, 4.69) is 26.2 Å². The van der Waals surface area contributed by atoms with Gasteiger partial charge in [-0.25, -0.2) is 0 Å². The van der Waals surface area contributed by atoms with Gasteiger partial charge in [0.25, 0.3) is 0 Å². The lowest BCUT2D eigenvalue weighted by Crippen LogP contribution is -2.26. The largest absolute Gasteiger partial charge is 0.350 e. The van der Waals surface area contributed by atoms with Gasteiger partial charge in [0.1, 0.15) is 0 Å². The smallest absolute Gasteiger partial charge is 0.221 e. The number of hydrogen-bond donors (Lipinski definition) is 1. The fourth-order valence-electron chi connectivity index (χ4n) is 1.11. The summed E-state index contributed by atoms with van der Waals surface area (Å²) in [5.41, 5.74) is 1.02. The van der Waals surface area contributed by atoms with Gasteiger partial charge in [-0.05, 0) is 18.6 Å². The Hall–Kier alpha value is -0.900. The van der Waals surface area contributed by atoms with E-state index in [4.69, 9.17) is 0 Å². The lowest BCUT2D eigenvalue weighted by molar-refractivity contribution is -0.121. The Labute approximate surface area is 92.1 Å². The fourth-order valence-corrected chi connectivity index (χ4v) is 1.48. The van der Waals surface area contributed by atoms with Gasteiger partial charge in [0.2, 0.25) is 5.91 Å². The number of pyridine rings is 1. The van der Waals surface area contributed by atoms with Gasteiger partial charge in [0, 0.05) is 24.1 Å². The third kappa shape index (κ3) is 3.46. The molecular weight excluding hydrogens is 244 g/mol. The highest BCUT2D eigenvalue weighted by molar-refractivity contribution is 9.09. The summed E-state index contributed by atoms with van der Waals surface area (Å²) in [4.78, 5) is 15.3. The molecule has 76 valence electrons. The van der Waals surface area contributed by atoms with Crippen LogP contribution in [0.2, 0.25) is 0 Å². The van der Waals surface area contributed by atoms with Gasteiger partial charge >= 0.3 is 0 Å². The van der Waals surface area contributed by atoms with Crippen LogP contribution in [-0.2, 0) is 4.79 Å². The first-order valence-corrected chi connectivity index (χ1v) is 5.61. The second kappa shape index (κ2) is 5.75. The van der Waals surface area contributed by atoms with Crippen LogP contribution in [0.1, 0.15) is 24.9 Å². The summed E-state index contributed by atoms with van der Waals surface area (Å²) < 4.78 is 0. The Balaban J connectivity index is 2.50. The topological polar surface area (TPSA) is 42.0 Å². The summed E-state index contributed by atoms with van der Waals surface area (Å²) in [5.74, 6) is 0.0539. The second-order valence-electron chi connectivity index (χ2n) is 3.01. The summed E-state index contributed by atoms with van der Waals surface area (Å²) in [5, 5.41) is 3.58. The molecule has 0 fully saturated rings. The van der Waals surface area contributed by atoms with Crippen molar-refractivity contribution in [3.63, 3.8) is 0 Å². The van der Waals surface area contributed by atoms with Crippen LogP contribution in [0.4, 0.5) is 0 Å². The van der Waals surface area contributed by atoms with Crippen molar-refractivity contribution in [1.82, 2.24) is 10.3 Å². The first kappa shape index (κ1) is 11.2. The van der Waals surface area contributed by atoms with Gasteiger partial charge in [-0.1, -0.05) is 22.0 Å². The molecule has 0 aromatic carbocycles. The first-order valence-electron chi connectivity index (χ1n) is 4.49. The highest BCUT2D eigenvalue weighted by Gasteiger charge is 2.07. The lowest BCUT2D eigenvalue weighted by atomic mass is 10.1. The molecule has 0 aliphatic heterocycles. The minimum Gasteiger partial charge on any atom is -0.350 e. The van der Waals surface area contributed by atoms with Gasteiger partial charge in [-0.3, -0.25) is 9.78 Å². The Morgan fingerprint density at radius 3 is 3.07 bits per heavy atom. The standard InChI is InChI=1S/C10H13BrN2O/c1-8(13-10(14)4-5-11)9-3-2-6-12-7-9/h2-3,6-8H,4-5H2,1H3,(H,13,14)/t8-/m1/s1. The van der Waals surface area contributed by atoms with Gasteiger partial charge in [0.05, 0.1) is 6.04 Å². The van der Waals surface area contributed by atoms with Crippen LogP contribution in [0, 0.1) is 0 Å². The van der Waals surface area contributed by atoms with Crippen LogP contribution < -0.4 is 5.32 Å². The van der Waals surface area contributed by atoms with Gasteiger partial charge < -0.3 is 5.32 Å². The maximum atomic E-state index is 11.3. The van der Waals surface area contributed by atoms with E-state index in [0.717, 1.165) is 5.56 Å². The van der Waals surface area contributed by atoms with Crippen molar-refractivity contribution in [1.29, 1.82) is 0 Å². The molecule has 1 heterocycles. The molecule has 1 aromatic heterocycles. The molecule has 0 saturated heterocycles. The van der Waals surface area contributed by atoms with Crippen LogP contribution in [0.15, 0.2) is 24.5 Å². The molecule has 14 heavy (non-hydrogen) atoms. The van der Waals surface area contributed by atoms with E-state index in [1.807, 2.05) is 19.1 Å². The number of nitrogens with zero attached hydrogens (tertiary/aromatic N) is 1. The van der Waals surface area contributed by atoms with Crippen LogP contribution in [0.25, 0.3) is 0 Å². The quantitative estimate of drug-likeness (QED) is 0.839. The van der Waals surface area contributed by atoms with Crippen molar-refractivity contribution in [2.75, 3.05) is 5.33 Å². The molecule has 1 atom stereocenters. The predicted octanol–water partition coefficient (Wildman–Crippen LogP) is 2.04. The highest BCUT2D eigenvalue weighted by atomic mass is 79.9. The number of amides is 1. The molecule has 0 saturated carbocycles. The summed E-state index contributed by atoms with van der Waals surface area (Å²) in [6, 6.07) is 3.84. The normalized spacial score (nSPS) is 12.1. The minimum atomic E-state index is 0.0234. The van der Waals surface area contributed by atoms with Gasteiger partial charge in [-0.2, -0.15) is 0 Å². The number of aromatic nitrogens is 1. The van der Waals surface area contributed by atoms with Crippen molar-refractivity contribution >= 4 is 21.8 Å². The molecule has 1 rings (SSSR count). The zero-order valence-corrected chi connectivity index (χ0v) is 9.62. The molecule has 1 amide bonds. The molecule has 0 unspecified atom stereocenters. The molecule has 1 aromatic rings. The summed E-state index contributed by atoms with van der Waals surface area (Å²) in [7, 11) is 0. The zero-order chi connectivity index (χ0) is 10.4. The maximum absolute atomic E-state index is 11.3. The number of nitrogens with one attached hydrogen (secondary N) is 1. The molecule has 0 aliphatic rings. The Morgan fingerprint density at radius 1 is 1.71 bits per heavy atom. The van der Waals surface area contributed by atoms with Crippen LogP contribution >= 0.6 is 15.9 Å². The molecule has 0 aliphatic carbocycles. The van der Waals surface area contributed by atoms with E-state index >= 15 is 0 Å². The highest BCUT2D eigenvalue weighted by Crippen LogP contribution is 2.09. The molecule has 4 heteroatoms. The van der Waals surface area contributed by atoms with Crippen molar-refractivity contribution in [2.24, 2.45) is 0 Å². The van der Waals surface area contributed by atoms with Crippen molar-refractivity contribution < 1.29 is 4.79 Å². The van der Waals surface area contributed by atoms with E-state index in [1.54, 1.807) is 12.4 Å².